The molecular formula is C14H18O. The molecule has 1 aromatic rings. The van der Waals surface area contributed by atoms with Crippen molar-refractivity contribution >= 4 is 0 Å². The molecule has 1 rings (SSSR count). The fourth-order valence-corrected chi connectivity index (χ4v) is 1.53. The van der Waals surface area contributed by atoms with Gasteiger partial charge < -0.3 is 5.11 Å². The number of hydrogen-bond acceptors (Lipinski definition) is 1. The van der Waals surface area contributed by atoms with Crippen LogP contribution in [0.1, 0.15) is 32.3 Å². The second kappa shape index (κ2) is 6.27. The summed E-state index contributed by atoms with van der Waals surface area (Å²) in [7, 11) is 0. The molecule has 1 atom stereocenters. The van der Waals surface area contributed by atoms with Crippen molar-refractivity contribution in [3.05, 3.63) is 35.9 Å². The molecule has 1 unspecified atom stereocenters. The van der Waals surface area contributed by atoms with Crippen molar-refractivity contribution in [2.24, 2.45) is 5.92 Å². The lowest BCUT2D eigenvalue weighted by Crippen LogP contribution is -2.16. The normalized spacial score (nSPS) is 12.0. The lowest BCUT2D eigenvalue weighted by molar-refractivity contribution is 0.155. The van der Waals surface area contributed by atoms with Crippen LogP contribution in [-0.4, -0.2) is 11.2 Å². The molecule has 0 aliphatic carbocycles. The van der Waals surface area contributed by atoms with Crippen LogP contribution < -0.4 is 0 Å². The van der Waals surface area contributed by atoms with Crippen LogP contribution in [-0.2, 0) is 0 Å². The Morgan fingerprint density at radius 3 is 2.27 bits per heavy atom. The summed E-state index contributed by atoms with van der Waals surface area (Å²) in [5.41, 5.74) is 0.961. The van der Waals surface area contributed by atoms with E-state index >= 15 is 0 Å². The standard InChI is InChI=1S/C14H18O/c1-3-13(4-2)14(15)11-10-12-8-6-5-7-9-12/h5-9,13-15H,3-4H2,1-2H3. The van der Waals surface area contributed by atoms with E-state index in [0.717, 1.165) is 18.4 Å². The van der Waals surface area contributed by atoms with Gasteiger partial charge in [0.15, 0.2) is 0 Å². The quantitative estimate of drug-likeness (QED) is 0.747. The van der Waals surface area contributed by atoms with Gasteiger partial charge in [-0.2, -0.15) is 0 Å². The third kappa shape index (κ3) is 3.77. The molecule has 0 saturated heterocycles. The maximum Gasteiger partial charge on any atom is 0.117 e. The average molecular weight is 202 g/mol. The summed E-state index contributed by atoms with van der Waals surface area (Å²) in [6.07, 6.45) is 1.45. The molecule has 1 nitrogen and oxygen atoms in total. The molecule has 0 aliphatic rings. The first kappa shape index (κ1) is 11.8. The first-order valence-electron chi connectivity index (χ1n) is 5.52. The topological polar surface area (TPSA) is 20.2 Å². The highest BCUT2D eigenvalue weighted by molar-refractivity contribution is 5.34. The van der Waals surface area contributed by atoms with E-state index in [-0.39, 0.29) is 0 Å². The molecule has 0 fully saturated rings. The summed E-state index contributed by atoms with van der Waals surface area (Å²) in [6.45, 7) is 4.17. The van der Waals surface area contributed by atoms with Gasteiger partial charge in [0.05, 0.1) is 0 Å². The molecule has 0 amide bonds. The molecule has 1 aromatic carbocycles. The molecule has 0 heterocycles. The third-order valence-electron chi connectivity index (χ3n) is 2.63. The zero-order valence-corrected chi connectivity index (χ0v) is 9.40. The molecule has 15 heavy (non-hydrogen) atoms. The Kier molecular flexibility index (Phi) is 4.93. The van der Waals surface area contributed by atoms with Crippen molar-refractivity contribution in [3.8, 4) is 11.8 Å². The highest BCUT2D eigenvalue weighted by atomic mass is 16.3. The van der Waals surface area contributed by atoms with E-state index in [1.165, 1.54) is 0 Å². The smallest absolute Gasteiger partial charge is 0.117 e. The van der Waals surface area contributed by atoms with Crippen LogP contribution in [0.3, 0.4) is 0 Å². The highest BCUT2D eigenvalue weighted by Crippen LogP contribution is 2.12. The Morgan fingerprint density at radius 2 is 1.73 bits per heavy atom. The number of hydrogen-bond donors (Lipinski definition) is 1. The zero-order chi connectivity index (χ0) is 11.1. The fourth-order valence-electron chi connectivity index (χ4n) is 1.53. The molecule has 0 spiro atoms. The molecule has 1 heteroatoms. The molecular weight excluding hydrogens is 184 g/mol. The number of aliphatic hydroxyl groups is 1. The van der Waals surface area contributed by atoms with E-state index in [1.807, 2.05) is 30.3 Å². The van der Waals surface area contributed by atoms with Gasteiger partial charge in [0, 0.05) is 5.56 Å². The second-order valence-electron chi connectivity index (χ2n) is 3.66. The molecule has 0 aliphatic heterocycles. The van der Waals surface area contributed by atoms with Crippen LogP contribution in [0.25, 0.3) is 0 Å². The van der Waals surface area contributed by atoms with Crippen LogP contribution in [0.15, 0.2) is 30.3 Å². The van der Waals surface area contributed by atoms with Gasteiger partial charge in [-0.25, -0.2) is 0 Å². The highest BCUT2D eigenvalue weighted by Gasteiger charge is 2.11. The maximum absolute atomic E-state index is 9.80. The van der Waals surface area contributed by atoms with Gasteiger partial charge in [-0.1, -0.05) is 43.9 Å². The van der Waals surface area contributed by atoms with Gasteiger partial charge in [-0.15, -0.1) is 0 Å². The van der Waals surface area contributed by atoms with Gasteiger partial charge in [0.25, 0.3) is 0 Å². The lowest BCUT2D eigenvalue weighted by atomic mass is 9.97. The third-order valence-corrected chi connectivity index (χ3v) is 2.63. The first-order valence-corrected chi connectivity index (χ1v) is 5.52. The lowest BCUT2D eigenvalue weighted by Gasteiger charge is -2.13. The van der Waals surface area contributed by atoms with Crippen molar-refractivity contribution in [1.29, 1.82) is 0 Å². The second-order valence-corrected chi connectivity index (χ2v) is 3.66. The minimum atomic E-state index is -0.500. The van der Waals surface area contributed by atoms with Gasteiger partial charge in [-0.05, 0) is 30.9 Å². The van der Waals surface area contributed by atoms with Gasteiger partial charge in [0.2, 0.25) is 0 Å². The van der Waals surface area contributed by atoms with Crippen molar-refractivity contribution in [3.63, 3.8) is 0 Å². The Morgan fingerprint density at radius 1 is 1.13 bits per heavy atom. The fraction of sp³-hybridized carbons (Fsp3) is 0.429. The first-order chi connectivity index (χ1) is 7.27. The van der Waals surface area contributed by atoms with Crippen LogP contribution >= 0.6 is 0 Å². The van der Waals surface area contributed by atoms with Gasteiger partial charge >= 0.3 is 0 Å². The van der Waals surface area contributed by atoms with Crippen molar-refractivity contribution in [2.45, 2.75) is 32.8 Å². The molecule has 0 saturated carbocycles. The summed E-state index contributed by atoms with van der Waals surface area (Å²) in [5.74, 6) is 6.19. The number of rotatable bonds is 3. The van der Waals surface area contributed by atoms with Crippen LogP contribution in [0, 0.1) is 17.8 Å². The van der Waals surface area contributed by atoms with E-state index in [4.69, 9.17) is 0 Å². The molecule has 0 bridgehead atoms. The average Bonchev–Trinajstić information content (AvgIpc) is 2.29. The Hall–Kier alpha value is -1.26. The van der Waals surface area contributed by atoms with Crippen molar-refractivity contribution in [2.75, 3.05) is 0 Å². The Labute approximate surface area is 92.1 Å². The van der Waals surface area contributed by atoms with Crippen LogP contribution in [0.2, 0.25) is 0 Å². The molecule has 0 radical (unpaired) electrons. The van der Waals surface area contributed by atoms with Crippen LogP contribution in [0.4, 0.5) is 0 Å². The predicted molar refractivity (Wildman–Crippen MR) is 63.4 cm³/mol. The number of aliphatic hydroxyl groups excluding tert-OH is 1. The summed E-state index contributed by atoms with van der Waals surface area (Å²) in [6, 6.07) is 9.77. The van der Waals surface area contributed by atoms with Crippen molar-refractivity contribution < 1.29 is 5.11 Å². The SMILES string of the molecule is CCC(CC)C(O)C#Cc1ccccc1. The van der Waals surface area contributed by atoms with Gasteiger partial charge in [-0.3, -0.25) is 0 Å². The molecule has 80 valence electrons. The van der Waals surface area contributed by atoms with E-state index in [2.05, 4.69) is 25.7 Å². The van der Waals surface area contributed by atoms with E-state index < -0.39 is 6.10 Å². The number of benzene rings is 1. The molecule has 1 N–H and O–H groups in total. The monoisotopic (exact) mass is 202 g/mol. The van der Waals surface area contributed by atoms with E-state index in [9.17, 15) is 5.11 Å². The summed E-state index contributed by atoms with van der Waals surface area (Å²) in [5, 5.41) is 9.80. The minimum Gasteiger partial charge on any atom is -0.380 e. The predicted octanol–water partition coefficient (Wildman–Crippen LogP) is 2.84. The zero-order valence-electron chi connectivity index (χ0n) is 9.40. The molecule has 0 aromatic heterocycles. The summed E-state index contributed by atoms with van der Waals surface area (Å²) < 4.78 is 0. The minimum absolute atomic E-state index is 0.293. The van der Waals surface area contributed by atoms with E-state index in [1.54, 1.807) is 0 Å². The van der Waals surface area contributed by atoms with Crippen LogP contribution in [0.5, 0.6) is 0 Å². The summed E-state index contributed by atoms with van der Waals surface area (Å²) >= 11 is 0. The Bertz CT molecular complexity index is 327. The van der Waals surface area contributed by atoms with E-state index in [0.29, 0.717) is 5.92 Å². The Balaban J connectivity index is 2.65. The van der Waals surface area contributed by atoms with Gasteiger partial charge in [0.1, 0.15) is 6.10 Å². The van der Waals surface area contributed by atoms with Crippen molar-refractivity contribution in [1.82, 2.24) is 0 Å². The largest absolute Gasteiger partial charge is 0.380 e. The maximum atomic E-state index is 9.80. The summed E-state index contributed by atoms with van der Waals surface area (Å²) in [4.78, 5) is 0.